The Bertz CT molecular complexity index is 488. The second kappa shape index (κ2) is 4.39. The zero-order valence-corrected chi connectivity index (χ0v) is 8.21. The third-order valence-electron chi connectivity index (χ3n) is 1.97. The largest absolute Gasteiger partial charge is 0.365 e. The fourth-order valence-electron chi connectivity index (χ4n) is 1.27. The van der Waals surface area contributed by atoms with E-state index < -0.39 is 11.7 Å². The first-order valence-electron chi connectivity index (χ1n) is 4.58. The molecule has 0 atom stereocenters. The van der Waals surface area contributed by atoms with Gasteiger partial charge in [-0.3, -0.25) is 9.59 Å². The summed E-state index contributed by atoms with van der Waals surface area (Å²) in [5.41, 5.74) is 1.08. The maximum absolute atomic E-state index is 11.0. The van der Waals surface area contributed by atoms with E-state index in [-0.39, 0.29) is 0 Å². The number of ketones is 1. The molecule has 0 unspecified atom stereocenters. The average molecular weight is 216 g/mol. The van der Waals surface area contributed by atoms with Crippen LogP contribution in [0.25, 0.3) is 0 Å². The number of fused-ring (bicyclic) bond motifs is 1. The number of carbonyl (C=O) groups is 2. The number of hydrogen-bond acceptors (Lipinski definition) is 4. The standard InChI is InChI=1S/C8H5NO2.C3H3NO/c10-7-5-3-1-2-4-6(5)9-8(7)11;1-2-4-5-3-1/h1-4H,(H,9,10,11);1-3H. The lowest BCUT2D eigenvalue weighted by atomic mass is 10.1. The predicted octanol–water partition coefficient (Wildman–Crippen LogP) is 1.50. The molecule has 0 saturated heterocycles. The predicted molar refractivity (Wildman–Crippen MR) is 55.9 cm³/mol. The lowest BCUT2D eigenvalue weighted by molar-refractivity contribution is -0.112. The molecule has 1 aromatic heterocycles. The van der Waals surface area contributed by atoms with Gasteiger partial charge in [0.15, 0.2) is 0 Å². The summed E-state index contributed by atoms with van der Waals surface area (Å²) in [4.78, 5) is 21.8. The quantitative estimate of drug-likeness (QED) is 0.677. The van der Waals surface area contributed by atoms with Gasteiger partial charge in [0.05, 0.1) is 17.4 Å². The number of aromatic nitrogens is 1. The molecule has 2 heterocycles. The topological polar surface area (TPSA) is 72.2 Å². The lowest BCUT2D eigenvalue weighted by Gasteiger charge is -1.91. The Morgan fingerprint density at radius 1 is 1.12 bits per heavy atom. The summed E-state index contributed by atoms with van der Waals surface area (Å²) in [6.45, 7) is 0. The van der Waals surface area contributed by atoms with Crippen molar-refractivity contribution in [3.8, 4) is 0 Å². The summed E-state index contributed by atoms with van der Waals surface area (Å²) in [5.74, 6) is -0.980. The van der Waals surface area contributed by atoms with Crippen LogP contribution in [-0.4, -0.2) is 16.8 Å². The summed E-state index contributed by atoms with van der Waals surface area (Å²) >= 11 is 0. The summed E-state index contributed by atoms with van der Waals surface area (Å²) < 4.78 is 4.33. The van der Waals surface area contributed by atoms with Gasteiger partial charge in [-0.1, -0.05) is 17.3 Å². The van der Waals surface area contributed by atoms with Crippen LogP contribution < -0.4 is 5.32 Å². The third-order valence-corrected chi connectivity index (χ3v) is 1.97. The van der Waals surface area contributed by atoms with E-state index in [0.717, 1.165) is 0 Å². The minimum Gasteiger partial charge on any atom is -0.365 e. The van der Waals surface area contributed by atoms with Crippen molar-refractivity contribution < 1.29 is 14.1 Å². The molecular formula is C11H8N2O3. The van der Waals surface area contributed by atoms with E-state index in [0.29, 0.717) is 11.3 Å². The Kier molecular flexibility index (Phi) is 2.77. The van der Waals surface area contributed by atoms with Gasteiger partial charge < -0.3 is 9.84 Å². The van der Waals surface area contributed by atoms with Crippen LogP contribution in [0.15, 0.2) is 47.3 Å². The van der Waals surface area contributed by atoms with Gasteiger partial charge in [0, 0.05) is 0 Å². The van der Waals surface area contributed by atoms with Crippen molar-refractivity contribution in [2.24, 2.45) is 0 Å². The number of rotatable bonds is 0. The molecule has 1 aliphatic rings. The molecule has 3 rings (SSSR count). The number of nitrogens with one attached hydrogen (secondary N) is 1. The molecule has 2 aromatic rings. The average Bonchev–Trinajstić information content (AvgIpc) is 2.93. The summed E-state index contributed by atoms with van der Waals surface area (Å²) in [6.07, 6.45) is 3.10. The Balaban J connectivity index is 0.000000162. The van der Waals surface area contributed by atoms with E-state index >= 15 is 0 Å². The van der Waals surface area contributed by atoms with Crippen LogP contribution in [-0.2, 0) is 4.79 Å². The minimum absolute atomic E-state index is 0.444. The number of amides is 1. The highest BCUT2D eigenvalue weighted by atomic mass is 16.5. The molecule has 1 amide bonds. The maximum Gasteiger partial charge on any atom is 0.296 e. The molecule has 5 nitrogen and oxygen atoms in total. The smallest absolute Gasteiger partial charge is 0.296 e. The fourth-order valence-corrected chi connectivity index (χ4v) is 1.27. The normalized spacial score (nSPS) is 12.5. The number of anilines is 1. The van der Waals surface area contributed by atoms with Crippen LogP contribution >= 0.6 is 0 Å². The van der Waals surface area contributed by atoms with E-state index in [9.17, 15) is 9.59 Å². The van der Waals surface area contributed by atoms with Gasteiger partial charge in [-0.05, 0) is 18.2 Å². The van der Waals surface area contributed by atoms with Crippen molar-refractivity contribution in [1.82, 2.24) is 5.16 Å². The van der Waals surface area contributed by atoms with Gasteiger partial charge in [0.1, 0.15) is 6.26 Å². The van der Waals surface area contributed by atoms with Gasteiger partial charge in [-0.2, -0.15) is 0 Å². The summed E-state index contributed by atoms with van der Waals surface area (Å²) in [7, 11) is 0. The number of Topliss-reactive ketones (excluding diaryl/α,β-unsaturated/α-hetero) is 1. The number of nitrogens with zero attached hydrogens (tertiary/aromatic N) is 1. The van der Waals surface area contributed by atoms with Crippen LogP contribution in [0.1, 0.15) is 10.4 Å². The SMILES string of the molecule is O=C1Nc2ccccc2C1=O.c1cnoc1. The maximum atomic E-state index is 11.0. The Morgan fingerprint density at radius 2 is 1.94 bits per heavy atom. The highest BCUT2D eigenvalue weighted by Gasteiger charge is 2.26. The number of para-hydroxylation sites is 1. The zero-order valence-electron chi connectivity index (χ0n) is 8.21. The van der Waals surface area contributed by atoms with Crippen molar-refractivity contribution in [2.75, 3.05) is 5.32 Å². The van der Waals surface area contributed by atoms with Crippen molar-refractivity contribution in [3.05, 3.63) is 48.4 Å². The number of benzene rings is 1. The van der Waals surface area contributed by atoms with Gasteiger partial charge >= 0.3 is 0 Å². The van der Waals surface area contributed by atoms with Crippen molar-refractivity contribution >= 4 is 17.4 Å². The summed E-state index contributed by atoms with van der Waals surface area (Å²) in [5, 5.41) is 5.81. The minimum atomic E-state index is -0.536. The molecule has 0 spiro atoms. The second-order valence-electron chi connectivity index (χ2n) is 3.02. The molecule has 1 aliphatic heterocycles. The molecule has 80 valence electrons. The van der Waals surface area contributed by atoms with E-state index in [2.05, 4.69) is 15.0 Å². The molecule has 1 N–H and O–H groups in total. The molecule has 0 radical (unpaired) electrons. The zero-order chi connectivity index (χ0) is 11.4. The van der Waals surface area contributed by atoms with E-state index in [4.69, 9.17) is 0 Å². The van der Waals surface area contributed by atoms with Crippen LogP contribution in [0, 0.1) is 0 Å². The van der Waals surface area contributed by atoms with Gasteiger partial charge in [0.25, 0.3) is 11.7 Å². The molecule has 0 aliphatic carbocycles. The van der Waals surface area contributed by atoms with Crippen LogP contribution in [0.2, 0.25) is 0 Å². The first-order valence-corrected chi connectivity index (χ1v) is 4.58. The monoisotopic (exact) mass is 216 g/mol. The molecule has 0 saturated carbocycles. The first kappa shape index (κ1) is 10.1. The third kappa shape index (κ3) is 1.98. The number of carbonyl (C=O) groups excluding carboxylic acids is 2. The molecule has 0 fully saturated rings. The second-order valence-corrected chi connectivity index (χ2v) is 3.02. The van der Waals surface area contributed by atoms with Crippen molar-refractivity contribution in [2.45, 2.75) is 0 Å². The molecule has 0 bridgehead atoms. The van der Waals surface area contributed by atoms with Gasteiger partial charge in [-0.15, -0.1) is 0 Å². The van der Waals surface area contributed by atoms with Crippen LogP contribution in [0.3, 0.4) is 0 Å². The first-order chi connectivity index (χ1) is 7.79. The van der Waals surface area contributed by atoms with Crippen LogP contribution in [0.5, 0.6) is 0 Å². The van der Waals surface area contributed by atoms with Crippen molar-refractivity contribution in [1.29, 1.82) is 0 Å². The molecular weight excluding hydrogens is 208 g/mol. The highest BCUT2D eigenvalue weighted by Crippen LogP contribution is 2.21. The van der Waals surface area contributed by atoms with Gasteiger partial charge in [-0.25, -0.2) is 0 Å². The van der Waals surface area contributed by atoms with Crippen LogP contribution in [0.4, 0.5) is 5.69 Å². The number of hydrogen-bond donors (Lipinski definition) is 1. The molecule has 5 heteroatoms. The lowest BCUT2D eigenvalue weighted by Crippen LogP contribution is -2.12. The van der Waals surface area contributed by atoms with E-state index in [1.807, 2.05) is 0 Å². The van der Waals surface area contributed by atoms with Gasteiger partial charge in [0.2, 0.25) is 0 Å². The molecule has 1 aromatic carbocycles. The Morgan fingerprint density at radius 3 is 2.50 bits per heavy atom. The Labute approximate surface area is 91.1 Å². The Hall–Kier alpha value is -2.43. The van der Waals surface area contributed by atoms with E-state index in [1.165, 1.54) is 6.26 Å². The highest BCUT2D eigenvalue weighted by molar-refractivity contribution is 6.51. The summed E-state index contributed by atoms with van der Waals surface area (Å²) in [6, 6.07) is 8.57. The fraction of sp³-hybridized carbons (Fsp3) is 0. The van der Waals surface area contributed by atoms with E-state index in [1.54, 1.807) is 36.5 Å². The van der Waals surface area contributed by atoms with Crippen molar-refractivity contribution in [3.63, 3.8) is 0 Å². The molecule has 16 heavy (non-hydrogen) atoms.